The summed E-state index contributed by atoms with van der Waals surface area (Å²) in [5.41, 5.74) is 0.908. The standard InChI is InChI=1S/C10H12O3S/c1-3-8-13-14(11,12)10-6-4-9(2)5-7-10/h3-7H,1,8H2,2H3/i8D2. The van der Waals surface area contributed by atoms with Gasteiger partial charge in [-0.05, 0) is 19.1 Å². The maximum absolute atomic E-state index is 11.6. The molecular weight excluding hydrogens is 200 g/mol. The predicted molar refractivity (Wildman–Crippen MR) is 54.5 cm³/mol. The number of hydrogen-bond donors (Lipinski definition) is 0. The van der Waals surface area contributed by atoms with E-state index in [0.29, 0.717) is 0 Å². The molecule has 0 aliphatic rings. The van der Waals surface area contributed by atoms with Crippen molar-refractivity contribution in [2.24, 2.45) is 0 Å². The minimum absolute atomic E-state index is 0.0798. The van der Waals surface area contributed by atoms with Gasteiger partial charge in [-0.25, -0.2) is 0 Å². The molecule has 1 rings (SSSR count). The van der Waals surface area contributed by atoms with Crippen molar-refractivity contribution in [3.63, 3.8) is 0 Å². The van der Waals surface area contributed by atoms with Crippen LogP contribution in [0.2, 0.25) is 0 Å². The van der Waals surface area contributed by atoms with Crippen LogP contribution in [0.5, 0.6) is 0 Å². The molecule has 1 aromatic rings. The van der Waals surface area contributed by atoms with E-state index in [0.717, 1.165) is 11.6 Å². The molecule has 0 radical (unpaired) electrons. The molecule has 0 saturated heterocycles. The van der Waals surface area contributed by atoms with Gasteiger partial charge >= 0.3 is 0 Å². The van der Waals surface area contributed by atoms with E-state index in [1.54, 1.807) is 12.1 Å². The molecule has 14 heavy (non-hydrogen) atoms. The second kappa shape index (κ2) is 4.39. The molecule has 0 aliphatic heterocycles. The summed E-state index contributed by atoms with van der Waals surface area (Å²) in [6.07, 6.45) is 0.790. The third-order valence-corrected chi connectivity index (χ3v) is 2.72. The first-order valence-electron chi connectivity index (χ1n) is 4.93. The molecule has 0 bridgehead atoms. The second-order valence-electron chi connectivity index (χ2n) is 2.67. The van der Waals surface area contributed by atoms with Crippen molar-refractivity contribution in [1.29, 1.82) is 0 Å². The molecule has 0 saturated carbocycles. The molecular formula is C10H12O3S. The summed E-state index contributed by atoms with van der Waals surface area (Å²) < 4.78 is 41.9. The summed E-state index contributed by atoms with van der Waals surface area (Å²) in [5.74, 6) is 0. The maximum Gasteiger partial charge on any atom is 0.297 e. The Kier molecular flexibility index (Phi) is 2.57. The summed E-state index contributed by atoms with van der Waals surface area (Å²) in [6.45, 7) is 2.58. The maximum atomic E-state index is 11.6. The Hall–Kier alpha value is -1.13. The third kappa shape index (κ3) is 2.68. The number of benzene rings is 1. The van der Waals surface area contributed by atoms with Gasteiger partial charge in [0.1, 0.15) is 0 Å². The lowest BCUT2D eigenvalue weighted by Gasteiger charge is -2.03. The van der Waals surface area contributed by atoms with E-state index in [2.05, 4.69) is 10.8 Å². The fraction of sp³-hybridized carbons (Fsp3) is 0.200. The average Bonchev–Trinajstić information content (AvgIpc) is 2.17. The van der Waals surface area contributed by atoms with Crippen molar-refractivity contribution in [1.82, 2.24) is 0 Å². The van der Waals surface area contributed by atoms with Crippen LogP contribution in [0.3, 0.4) is 0 Å². The highest BCUT2D eigenvalue weighted by atomic mass is 32.2. The Bertz CT molecular complexity index is 477. The summed E-state index contributed by atoms with van der Waals surface area (Å²) in [6, 6.07) is 5.95. The van der Waals surface area contributed by atoms with E-state index in [9.17, 15) is 8.42 Å². The van der Waals surface area contributed by atoms with E-state index in [1.807, 2.05) is 6.92 Å². The normalized spacial score (nSPS) is 14.4. The monoisotopic (exact) mass is 214 g/mol. The molecule has 4 heteroatoms. The molecule has 0 heterocycles. The van der Waals surface area contributed by atoms with E-state index >= 15 is 0 Å². The Labute approximate surface area is 87.0 Å². The summed E-state index contributed by atoms with van der Waals surface area (Å²) in [4.78, 5) is -0.0798. The molecule has 0 aromatic heterocycles. The topological polar surface area (TPSA) is 43.4 Å². The Morgan fingerprint density at radius 3 is 2.57 bits per heavy atom. The SMILES string of the molecule is [2H]C([2H])(C=C)OS(=O)(=O)c1ccc(C)cc1. The molecule has 0 amide bonds. The lowest BCUT2D eigenvalue weighted by Crippen LogP contribution is -2.06. The van der Waals surface area contributed by atoms with Crippen LogP contribution < -0.4 is 0 Å². The first kappa shape index (κ1) is 8.20. The van der Waals surface area contributed by atoms with Crippen LogP contribution in [-0.2, 0) is 14.3 Å². The van der Waals surface area contributed by atoms with Gasteiger partial charge in [0.15, 0.2) is 0 Å². The highest BCUT2D eigenvalue weighted by molar-refractivity contribution is 7.86. The quantitative estimate of drug-likeness (QED) is 0.568. The molecule has 0 fully saturated rings. The van der Waals surface area contributed by atoms with Gasteiger partial charge in [0.05, 0.1) is 14.2 Å². The lowest BCUT2D eigenvalue weighted by molar-refractivity contribution is 0.357. The third-order valence-electron chi connectivity index (χ3n) is 1.55. The second-order valence-corrected chi connectivity index (χ2v) is 4.22. The minimum atomic E-state index is -4.09. The predicted octanol–water partition coefficient (Wildman–Crippen LogP) is 1.89. The van der Waals surface area contributed by atoms with Crippen LogP contribution in [0.25, 0.3) is 0 Å². The molecule has 1 aromatic carbocycles. The van der Waals surface area contributed by atoms with E-state index in [1.165, 1.54) is 12.1 Å². The lowest BCUT2D eigenvalue weighted by atomic mass is 10.2. The van der Waals surface area contributed by atoms with E-state index in [4.69, 9.17) is 2.74 Å². The van der Waals surface area contributed by atoms with Crippen LogP contribution in [0, 0.1) is 6.92 Å². The van der Waals surface area contributed by atoms with Crippen molar-refractivity contribution in [3.8, 4) is 0 Å². The van der Waals surface area contributed by atoms with Crippen molar-refractivity contribution in [2.45, 2.75) is 11.8 Å². The highest BCUT2D eigenvalue weighted by Crippen LogP contribution is 2.12. The van der Waals surface area contributed by atoms with Gasteiger partial charge in [-0.2, -0.15) is 8.42 Å². The zero-order chi connectivity index (χ0) is 12.4. The summed E-state index contributed by atoms with van der Waals surface area (Å²) in [7, 11) is -4.09. The zero-order valence-electron chi connectivity index (χ0n) is 9.73. The molecule has 0 atom stereocenters. The molecule has 76 valence electrons. The number of hydrogen-bond acceptors (Lipinski definition) is 3. The van der Waals surface area contributed by atoms with Crippen molar-refractivity contribution in [2.75, 3.05) is 6.56 Å². The minimum Gasteiger partial charge on any atom is -0.262 e. The Balaban J connectivity index is 3.04. The molecule has 0 spiro atoms. The fourth-order valence-corrected chi connectivity index (χ4v) is 1.61. The Morgan fingerprint density at radius 1 is 1.50 bits per heavy atom. The first-order valence-corrected chi connectivity index (χ1v) is 5.33. The first-order chi connectivity index (χ1) is 7.27. The summed E-state index contributed by atoms with van der Waals surface area (Å²) >= 11 is 0. The van der Waals surface area contributed by atoms with Crippen molar-refractivity contribution < 1.29 is 15.3 Å². The van der Waals surface area contributed by atoms with Crippen LogP contribution in [0.4, 0.5) is 0 Å². The summed E-state index contributed by atoms with van der Waals surface area (Å²) in [5, 5.41) is 0. The van der Waals surface area contributed by atoms with Gasteiger partial charge < -0.3 is 0 Å². The van der Waals surface area contributed by atoms with Gasteiger partial charge in [0, 0.05) is 0 Å². The smallest absolute Gasteiger partial charge is 0.262 e. The van der Waals surface area contributed by atoms with Crippen LogP contribution in [0.15, 0.2) is 41.8 Å². The van der Waals surface area contributed by atoms with Gasteiger partial charge in [0.2, 0.25) is 0 Å². The molecule has 0 aliphatic carbocycles. The molecule has 0 unspecified atom stereocenters. The number of aryl methyl sites for hydroxylation is 1. The van der Waals surface area contributed by atoms with E-state index in [-0.39, 0.29) is 4.90 Å². The van der Waals surface area contributed by atoms with Crippen LogP contribution >= 0.6 is 0 Å². The highest BCUT2D eigenvalue weighted by Gasteiger charge is 2.13. The van der Waals surface area contributed by atoms with Crippen molar-refractivity contribution in [3.05, 3.63) is 42.5 Å². The fourth-order valence-electron chi connectivity index (χ4n) is 0.850. The van der Waals surface area contributed by atoms with Crippen LogP contribution in [0.1, 0.15) is 8.30 Å². The number of rotatable bonds is 4. The zero-order valence-corrected chi connectivity index (χ0v) is 8.54. The average molecular weight is 214 g/mol. The Morgan fingerprint density at radius 2 is 2.07 bits per heavy atom. The van der Waals surface area contributed by atoms with Gasteiger partial charge in [-0.3, -0.25) is 4.18 Å². The van der Waals surface area contributed by atoms with Gasteiger partial charge in [0.25, 0.3) is 10.1 Å². The molecule has 0 N–H and O–H groups in total. The largest absolute Gasteiger partial charge is 0.297 e. The van der Waals surface area contributed by atoms with Crippen molar-refractivity contribution >= 4 is 10.1 Å². The van der Waals surface area contributed by atoms with Crippen LogP contribution in [-0.4, -0.2) is 15.0 Å². The van der Waals surface area contributed by atoms with Gasteiger partial charge in [-0.1, -0.05) is 23.8 Å². The van der Waals surface area contributed by atoms with Gasteiger partial charge in [-0.15, -0.1) is 6.58 Å². The molecule has 3 nitrogen and oxygen atoms in total. The van der Waals surface area contributed by atoms with E-state index < -0.39 is 16.7 Å².